The van der Waals surface area contributed by atoms with Gasteiger partial charge < -0.3 is 10.4 Å². The molecule has 0 aromatic heterocycles. The minimum atomic E-state index is 0.249. The summed E-state index contributed by atoms with van der Waals surface area (Å²) in [5.74, 6) is 0.942. The van der Waals surface area contributed by atoms with Crippen molar-refractivity contribution in [1.82, 2.24) is 5.32 Å². The third kappa shape index (κ3) is 1.80. The maximum atomic E-state index is 9.38. The van der Waals surface area contributed by atoms with Gasteiger partial charge in [0.2, 0.25) is 0 Å². The lowest BCUT2D eigenvalue weighted by molar-refractivity contribution is 0.0802. The summed E-state index contributed by atoms with van der Waals surface area (Å²) in [6, 6.07) is 0. The third-order valence-corrected chi connectivity index (χ3v) is 3.31. The molecule has 0 spiro atoms. The van der Waals surface area contributed by atoms with Crippen LogP contribution in [-0.4, -0.2) is 24.8 Å². The van der Waals surface area contributed by atoms with Gasteiger partial charge in [-0.05, 0) is 31.7 Å². The minimum absolute atomic E-state index is 0.249. The van der Waals surface area contributed by atoms with Crippen LogP contribution in [0.2, 0.25) is 0 Å². The van der Waals surface area contributed by atoms with E-state index in [0.717, 1.165) is 19.0 Å². The summed E-state index contributed by atoms with van der Waals surface area (Å²) >= 11 is 0. The van der Waals surface area contributed by atoms with Crippen molar-refractivity contribution in [2.24, 2.45) is 11.3 Å². The van der Waals surface area contributed by atoms with E-state index < -0.39 is 0 Å². The Morgan fingerprint density at radius 3 is 2.75 bits per heavy atom. The van der Waals surface area contributed by atoms with E-state index in [0.29, 0.717) is 6.61 Å². The predicted octanol–water partition coefficient (Wildman–Crippen LogP) is 1.15. The molecular weight excluding hydrogens is 150 g/mol. The fraction of sp³-hybridized carbons (Fsp3) is 1.00. The van der Waals surface area contributed by atoms with Gasteiger partial charge in [-0.2, -0.15) is 0 Å². The monoisotopic (exact) mass is 169 g/mol. The van der Waals surface area contributed by atoms with E-state index in [1.807, 2.05) is 0 Å². The molecule has 0 radical (unpaired) electrons. The number of hydrogen-bond acceptors (Lipinski definition) is 2. The molecule has 70 valence electrons. The molecule has 1 atom stereocenters. The molecule has 2 rings (SSSR count). The Labute approximate surface area is 74.4 Å². The van der Waals surface area contributed by atoms with E-state index in [1.165, 1.54) is 32.1 Å². The molecule has 2 nitrogen and oxygen atoms in total. The first-order valence-corrected chi connectivity index (χ1v) is 5.16. The SMILES string of the molecule is OCC1(CC2CC2)CCCNC1. The molecule has 0 aromatic carbocycles. The van der Waals surface area contributed by atoms with Crippen molar-refractivity contribution >= 4 is 0 Å². The van der Waals surface area contributed by atoms with E-state index >= 15 is 0 Å². The van der Waals surface area contributed by atoms with E-state index in [-0.39, 0.29) is 5.41 Å². The molecule has 0 aromatic rings. The lowest BCUT2D eigenvalue weighted by atomic mass is 9.77. The average Bonchev–Trinajstić information content (AvgIpc) is 2.90. The van der Waals surface area contributed by atoms with Gasteiger partial charge in [0.05, 0.1) is 0 Å². The Bertz CT molecular complexity index is 148. The second kappa shape index (κ2) is 3.35. The van der Waals surface area contributed by atoms with Crippen molar-refractivity contribution in [1.29, 1.82) is 0 Å². The Morgan fingerprint density at radius 1 is 1.42 bits per heavy atom. The minimum Gasteiger partial charge on any atom is -0.396 e. The van der Waals surface area contributed by atoms with Crippen LogP contribution in [0.25, 0.3) is 0 Å². The van der Waals surface area contributed by atoms with Gasteiger partial charge in [-0.15, -0.1) is 0 Å². The van der Waals surface area contributed by atoms with Gasteiger partial charge in [0.15, 0.2) is 0 Å². The number of rotatable bonds is 3. The standard InChI is InChI=1S/C10H19NO/c12-8-10(6-9-2-3-9)4-1-5-11-7-10/h9,11-12H,1-8H2. The predicted molar refractivity (Wildman–Crippen MR) is 49.0 cm³/mol. The third-order valence-electron chi connectivity index (χ3n) is 3.31. The first kappa shape index (κ1) is 8.52. The van der Waals surface area contributed by atoms with Gasteiger partial charge in [-0.3, -0.25) is 0 Å². The lowest BCUT2D eigenvalue weighted by Crippen LogP contribution is -2.42. The molecule has 2 N–H and O–H groups in total. The van der Waals surface area contributed by atoms with E-state index in [9.17, 15) is 5.11 Å². The molecule has 0 amide bonds. The summed E-state index contributed by atoms with van der Waals surface area (Å²) in [5.41, 5.74) is 0.249. The van der Waals surface area contributed by atoms with Crippen molar-refractivity contribution in [3.8, 4) is 0 Å². The number of piperidine rings is 1. The second-order valence-corrected chi connectivity index (χ2v) is 4.59. The van der Waals surface area contributed by atoms with Crippen molar-refractivity contribution in [3.63, 3.8) is 0 Å². The Balaban J connectivity index is 1.90. The smallest absolute Gasteiger partial charge is 0.0499 e. The van der Waals surface area contributed by atoms with Crippen molar-refractivity contribution in [2.75, 3.05) is 19.7 Å². The van der Waals surface area contributed by atoms with Crippen molar-refractivity contribution in [3.05, 3.63) is 0 Å². The fourth-order valence-corrected chi connectivity index (χ4v) is 2.34. The Morgan fingerprint density at radius 2 is 2.25 bits per heavy atom. The summed E-state index contributed by atoms with van der Waals surface area (Å²) in [4.78, 5) is 0. The number of hydrogen-bond donors (Lipinski definition) is 2. The van der Waals surface area contributed by atoms with Crippen molar-refractivity contribution < 1.29 is 5.11 Å². The van der Waals surface area contributed by atoms with Crippen LogP contribution in [0.3, 0.4) is 0 Å². The Kier molecular flexibility index (Phi) is 2.37. The fourth-order valence-electron chi connectivity index (χ4n) is 2.34. The molecule has 0 bridgehead atoms. The van der Waals surface area contributed by atoms with Gasteiger partial charge in [0.25, 0.3) is 0 Å². The van der Waals surface area contributed by atoms with Crippen LogP contribution in [-0.2, 0) is 0 Å². The topological polar surface area (TPSA) is 32.3 Å². The molecule has 1 aliphatic heterocycles. The van der Waals surface area contributed by atoms with Crippen LogP contribution in [0.1, 0.15) is 32.1 Å². The zero-order valence-corrected chi connectivity index (χ0v) is 7.68. The zero-order valence-electron chi connectivity index (χ0n) is 7.68. The van der Waals surface area contributed by atoms with E-state index in [1.54, 1.807) is 0 Å². The average molecular weight is 169 g/mol. The Hall–Kier alpha value is -0.0800. The molecule has 1 saturated heterocycles. The van der Waals surface area contributed by atoms with Crippen LogP contribution in [0.5, 0.6) is 0 Å². The quantitative estimate of drug-likeness (QED) is 0.664. The normalized spacial score (nSPS) is 36.8. The summed E-state index contributed by atoms with van der Waals surface area (Å²) in [6.07, 6.45) is 6.54. The number of nitrogens with one attached hydrogen (secondary N) is 1. The van der Waals surface area contributed by atoms with E-state index in [4.69, 9.17) is 0 Å². The first-order chi connectivity index (χ1) is 5.85. The number of aliphatic hydroxyl groups excluding tert-OH is 1. The van der Waals surface area contributed by atoms with Crippen LogP contribution in [0.4, 0.5) is 0 Å². The van der Waals surface area contributed by atoms with Gasteiger partial charge >= 0.3 is 0 Å². The maximum absolute atomic E-state index is 9.38. The summed E-state index contributed by atoms with van der Waals surface area (Å²) in [6.45, 7) is 2.57. The molecule has 1 aliphatic carbocycles. The van der Waals surface area contributed by atoms with E-state index in [2.05, 4.69) is 5.32 Å². The highest BCUT2D eigenvalue weighted by molar-refractivity contribution is 4.90. The highest BCUT2D eigenvalue weighted by atomic mass is 16.3. The first-order valence-electron chi connectivity index (χ1n) is 5.16. The van der Waals surface area contributed by atoms with Gasteiger partial charge in [-0.1, -0.05) is 12.8 Å². The highest BCUT2D eigenvalue weighted by Gasteiger charge is 2.37. The van der Waals surface area contributed by atoms with Crippen LogP contribution >= 0.6 is 0 Å². The highest BCUT2D eigenvalue weighted by Crippen LogP contribution is 2.42. The van der Waals surface area contributed by atoms with Crippen molar-refractivity contribution in [2.45, 2.75) is 32.1 Å². The maximum Gasteiger partial charge on any atom is 0.0499 e. The van der Waals surface area contributed by atoms with Crippen LogP contribution in [0.15, 0.2) is 0 Å². The van der Waals surface area contributed by atoms with Gasteiger partial charge in [0.1, 0.15) is 0 Å². The number of aliphatic hydroxyl groups is 1. The summed E-state index contributed by atoms with van der Waals surface area (Å²) in [7, 11) is 0. The van der Waals surface area contributed by atoms with Crippen LogP contribution < -0.4 is 5.32 Å². The lowest BCUT2D eigenvalue weighted by Gasteiger charge is -2.36. The molecule has 2 heteroatoms. The molecule has 1 saturated carbocycles. The molecule has 1 unspecified atom stereocenters. The van der Waals surface area contributed by atoms with Gasteiger partial charge in [-0.25, -0.2) is 0 Å². The van der Waals surface area contributed by atoms with Gasteiger partial charge in [0, 0.05) is 18.6 Å². The van der Waals surface area contributed by atoms with Crippen LogP contribution in [0, 0.1) is 11.3 Å². The molecular formula is C10H19NO. The zero-order chi connectivity index (χ0) is 8.44. The largest absolute Gasteiger partial charge is 0.396 e. The molecule has 1 heterocycles. The second-order valence-electron chi connectivity index (χ2n) is 4.59. The molecule has 12 heavy (non-hydrogen) atoms. The summed E-state index contributed by atoms with van der Waals surface area (Å²) in [5, 5.41) is 12.8. The summed E-state index contributed by atoms with van der Waals surface area (Å²) < 4.78 is 0. The molecule has 2 fully saturated rings. The molecule has 2 aliphatic rings.